The summed E-state index contributed by atoms with van der Waals surface area (Å²) in [5.41, 5.74) is 0. The lowest BCUT2D eigenvalue weighted by molar-refractivity contribution is -0.870. The van der Waals surface area contributed by atoms with E-state index in [0.717, 1.165) is 57.8 Å². The predicted octanol–water partition coefficient (Wildman–Crippen LogP) is 22.8. The van der Waals surface area contributed by atoms with Gasteiger partial charge in [0.05, 0.1) is 33.8 Å². The van der Waals surface area contributed by atoms with E-state index in [1.807, 2.05) is 33.3 Å². The van der Waals surface area contributed by atoms with Crippen LogP contribution in [-0.4, -0.2) is 69.4 Å². The number of quaternary nitrogens is 1. The van der Waals surface area contributed by atoms with Crippen molar-refractivity contribution in [3.63, 3.8) is 0 Å². The molecule has 0 bridgehead atoms. The lowest BCUT2D eigenvalue weighted by atomic mass is 10.0. The lowest BCUT2D eigenvalue weighted by Gasteiger charge is -2.30. The third kappa shape index (κ3) is 65.0. The molecule has 0 aromatic carbocycles. The van der Waals surface area contributed by atoms with Gasteiger partial charge in [0.15, 0.2) is 0 Å². The van der Waals surface area contributed by atoms with Gasteiger partial charge >= 0.3 is 5.97 Å². The van der Waals surface area contributed by atoms with Crippen molar-refractivity contribution in [3.8, 4) is 0 Å². The fourth-order valence-electron chi connectivity index (χ4n) is 11.5. The molecule has 0 saturated carbocycles. The zero-order valence-corrected chi connectivity index (χ0v) is 57.6. The molecule has 0 rings (SSSR count). The second-order valence-electron chi connectivity index (χ2n) is 26.8. The average molecular weight is 1190 g/mol. The molecule has 9 nitrogen and oxygen atoms in total. The van der Waals surface area contributed by atoms with Gasteiger partial charge in [-0.15, -0.1) is 0 Å². The standard InChI is InChI=1S/C73H145N2O7P/c1-7-10-13-16-19-22-25-28-30-32-34-36-37-39-41-43-45-48-51-54-57-60-63-66-73(77)82-71(64-61-58-55-52-49-46-27-24-21-18-15-12-9-3)70(69-81-83(78,79)80-68-67-75(4,5)6)74-72(76)65-62-59-56-53-50-47-44-42-40-38-35-33-31-29-26-23-20-17-14-11-8-2/h61,64,70-71H,7-60,62-63,65-69H2,1-6H3,(H-,74,76,78,79)/b64-61+. The number of likely N-dealkylation sites (N-methyl/N-ethyl adjacent to an activating group) is 1. The quantitative estimate of drug-likeness (QED) is 0.0212. The van der Waals surface area contributed by atoms with Gasteiger partial charge in [0, 0.05) is 12.8 Å². The van der Waals surface area contributed by atoms with E-state index in [2.05, 4.69) is 26.1 Å². The number of phosphoric ester groups is 1. The molecule has 83 heavy (non-hydrogen) atoms. The molecule has 0 aliphatic rings. The summed E-state index contributed by atoms with van der Waals surface area (Å²) < 4.78 is 30.5. The van der Waals surface area contributed by atoms with E-state index >= 15 is 0 Å². The molecule has 1 N–H and O–H groups in total. The number of nitrogens with zero attached hydrogens (tertiary/aromatic N) is 1. The second-order valence-corrected chi connectivity index (χ2v) is 28.2. The Kier molecular flexibility index (Phi) is 62.8. The Morgan fingerprint density at radius 1 is 0.410 bits per heavy atom. The first kappa shape index (κ1) is 81.8. The van der Waals surface area contributed by atoms with E-state index in [1.165, 1.54) is 302 Å². The van der Waals surface area contributed by atoms with Crippen LogP contribution >= 0.6 is 7.82 Å². The van der Waals surface area contributed by atoms with Gasteiger partial charge in [0.2, 0.25) is 5.91 Å². The normalized spacial score (nSPS) is 13.5. The molecule has 0 aliphatic carbocycles. The number of allylic oxidation sites excluding steroid dienone is 1. The summed E-state index contributed by atoms with van der Waals surface area (Å²) in [7, 11) is 1.21. The molecule has 0 aromatic heterocycles. The Balaban J connectivity index is 5.03. The topological polar surface area (TPSA) is 114 Å². The predicted molar refractivity (Wildman–Crippen MR) is 358 cm³/mol. The number of phosphoric acid groups is 1. The van der Waals surface area contributed by atoms with Crippen molar-refractivity contribution in [1.82, 2.24) is 5.32 Å². The smallest absolute Gasteiger partial charge is 0.306 e. The molecule has 494 valence electrons. The number of ether oxygens (including phenoxy) is 1. The van der Waals surface area contributed by atoms with Gasteiger partial charge in [-0.2, -0.15) is 0 Å². The van der Waals surface area contributed by atoms with Crippen molar-refractivity contribution in [3.05, 3.63) is 12.2 Å². The summed E-state index contributed by atoms with van der Waals surface area (Å²) in [4.78, 5) is 40.2. The van der Waals surface area contributed by atoms with E-state index in [9.17, 15) is 19.0 Å². The fourth-order valence-corrected chi connectivity index (χ4v) is 12.3. The van der Waals surface area contributed by atoms with E-state index in [1.54, 1.807) is 0 Å². The molecule has 1 amide bonds. The molecule has 3 atom stereocenters. The molecule has 10 heteroatoms. The Labute approximate surface area is 518 Å². The first-order valence-corrected chi connectivity index (χ1v) is 38.5. The summed E-state index contributed by atoms with van der Waals surface area (Å²) in [6, 6.07) is -0.881. The minimum absolute atomic E-state index is 0.0163. The van der Waals surface area contributed by atoms with E-state index in [-0.39, 0.29) is 31.5 Å². The zero-order valence-electron chi connectivity index (χ0n) is 56.7. The molecule has 0 radical (unpaired) electrons. The van der Waals surface area contributed by atoms with Crippen LogP contribution < -0.4 is 10.2 Å². The minimum atomic E-state index is -4.70. The van der Waals surface area contributed by atoms with Crippen molar-refractivity contribution >= 4 is 19.7 Å². The lowest BCUT2D eigenvalue weighted by Crippen LogP contribution is -2.47. The number of esters is 1. The van der Waals surface area contributed by atoms with Gasteiger partial charge in [-0.25, -0.2) is 0 Å². The third-order valence-corrected chi connectivity index (χ3v) is 18.2. The highest BCUT2D eigenvalue weighted by Crippen LogP contribution is 2.38. The fraction of sp³-hybridized carbons (Fsp3) is 0.945. The summed E-state index contributed by atoms with van der Waals surface area (Å²) in [6.45, 7) is 6.94. The van der Waals surface area contributed by atoms with Crippen LogP contribution in [0.3, 0.4) is 0 Å². The second kappa shape index (κ2) is 63.8. The summed E-state index contributed by atoms with van der Waals surface area (Å²) in [5.74, 6) is -0.511. The van der Waals surface area contributed by atoms with Crippen LogP contribution in [0, 0.1) is 0 Å². The summed E-state index contributed by atoms with van der Waals surface area (Å²) >= 11 is 0. The van der Waals surface area contributed by atoms with Crippen LogP contribution in [-0.2, 0) is 27.9 Å². The van der Waals surface area contributed by atoms with Gasteiger partial charge in [-0.1, -0.05) is 361 Å². The van der Waals surface area contributed by atoms with Crippen LogP contribution in [0.15, 0.2) is 12.2 Å². The number of nitrogens with one attached hydrogen (secondary N) is 1. The maximum Gasteiger partial charge on any atom is 0.306 e. The number of hydrogen-bond donors (Lipinski definition) is 1. The monoisotopic (exact) mass is 1190 g/mol. The van der Waals surface area contributed by atoms with Crippen molar-refractivity contribution in [2.75, 3.05) is 40.9 Å². The number of carbonyl (C=O) groups is 2. The minimum Gasteiger partial charge on any atom is -0.756 e. The number of carbonyl (C=O) groups excluding carboxylic acids is 2. The molecule has 0 spiro atoms. The number of rotatable bonds is 69. The molecule has 0 fully saturated rings. The molecule has 0 aliphatic heterocycles. The zero-order chi connectivity index (χ0) is 60.7. The number of unbranched alkanes of at least 4 members (excludes halogenated alkanes) is 53. The largest absolute Gasteiger partial charge is 0.756 e. The van der Waals surface area contributed by atoms with Gasteiger partial charge in [-0.3, -0.25) is 14.2 Å². The number of amides is 1. The Morgan fingerprint density at radius 3 is 0.988 bits per heavy atom. The highest BCUT2D eigenvalue weighted by atomic mass is 31.2. The summed E-state index contributed by atoms with van der Waals surface area (Å²) in [5, 5.41) is 3.06. The van der Waals surface area contributed by atoms with Crippen molar-refractivity contribution in [2.45, 2.75) is 405 Å². The summed E-state index contributed by atoms with van der Waals surface area (Å²) in [6.07, 6.45) is 76.2. The van der Waals surface area contributed by atoms with E-state index < -0.39 is 20.0 Å². The molecule has 0 heterocycles. The van der Waals surface area contributed by atoms with Crippen LogP contribution in [0.2, 0.25) is 0 Å². The average Bonchev–Trinajstić information content (AvgIpc) is 3.47. The van der Waals surface area contributed by atoms with Crippen LogP contribution in [0.5, 0.6) is 0 Å². The highest BCUT2D eigenvalue weighted by Gasteiger charge is 2.27. The SMILES string of the molecule is CCCCCCCCCCCCC/C=C/C(OC(=O)CCCCCCCCCCCCCCCCCCCCCCCCC)C(COP(=O)([O-])OCC[N+](C)(C)C)NC(=O)CCCCCCCCCCCCCCCCCCCCCCC. The highest BCUT2D eigenvalue weighted by molar-refractivity contribution is 7.45. The molecular formula is C73H145N2O7P. The van der Waals surface area contributed by atoms with Crippen LogP contribution in [0.25, 0.3) is 0 Å². The van der Waals surface area contributed by atoms with Gasteiger partial charge in [-0.05, 0) is 31.8 Å². The Hall–Kier alpha value is -1.25. The molecular weight excluding hydrogens is 1050 g/mol. The Bertz CT molecular complexity index is 1420. The van der Waals surface area contributed by atoms with Crippen LogP contribution in [0.4, 0.5) is 0 Å². The van der Waals surface area contributed by atoms with Crippen molar-refractivity contribution < 1.29 is 37.3 Å². The first-order valence-electron chi connectivity index (χ1n) is 37.0. The van der Waals surface area contributed by atoms with Crippen molar-refractivity contribution in [1.29, 1.82) is 0 Å². The maximum absolute atomic E-state index is 13.6. The molecule has 3 unspecified atom stereocenters. The van der Waals surface area contributed by atoms with Crippen LogP contribution in [0.1, 0.15) is 393 Å². The van der Waals surface area contributed by atoms with E-state index in [0.29, 0.717) is 17.4 Å². The van der Waals surface area contributed by atoms with Gasteiger partial charge in [0.1, 0.15) is 19.3 Å². The van der Waals surface area contributed by atoms with Crippen molar-refractivity contribution in [2.24, 2.45) is 0 Å². The number of hydrogen-bond acceptors (Lipinski definition) is 7. The first-order chi connectivity index (χ1) is 40.4. The van der Waals surface area contributed by atoms with Gasteiger partial charge in [0.25, 0.3) is 7.82 Å². The molecule has 0 aromatic rings. The third-order valence-electron chi connectivity index (χ3n) is 17.2. The van der Waals surface area contributed by atoms with E-state index in [4.69, 9.17) is 13.8 Å². The van der Waals surface area contributed by atoms with Gasteiger partial charge < -0.3 is 28.5 Å². The molecule has 0 saturated heterocycles. The maximum atomic E-state index is 13.6. The Morgan fingerprint density at radius 2 is 0.687 bits per heavy atom.